The highest BCUT2D eigenvalue weighted by atomic mass is 16.5. The number of rotatable bonds is 6. The van der Waals surface area contributed by atoms with Crippen LogP contribution >= 0.6 is 0 Å². The van der Waals surface area contributed by atoms with Gasteiger partial charge in [-0.25, -0.2) is 9.48 Å². The zero-order valence-corrected chi connectivity index (χ0v) is 15.6. The summed E-state index contributed by atoms with van der Waals surface area (Å²) in [6.45, 7) is 2.45. The lowest BCUT2D eigenvalue weighted by atomic mass is 10.1. The Labute approximate surface area is 162 Å². The van der Waals surface area contributed by atoms with Crippen LogP contribution in [-0.4, -0.2) is 34.0 Å². The molecule has 0 atom stereocenters. The normalized spacial score (nSPS) is 10.8. The first-order valence-corrected chi connectivity index (χ1v) is 8.67. The highest BCUT2D eigenvalue weighted by Gasteiger charge is 2.09. The predicted octanol–water partition coefficient (Wildman–Crippen LogP) is 3.07. The molecule has 28 heavy (non-hydrogen) atoms. The molecule has 7 nitrogen and oxygen atoms in total. The molecule has 0 saturated carbocycles. The Morgan fingerprint density at radius 2 is 1.96 bits per heavy atom. The number of esters is 1. The van der Waals surface area contributed by atoms with E-state index in [0.29, 0.717) is 23.5 Å². The highest BCUT2D eigenvalue weighted by Crippen LogP contribution is 2.17. The molecule has 142 valence electrons. The van der Waals surface area contributed by atoms with E-state index < -0.39 is 5.97 Å². The van der Waals surface area contributed by atoms with Crippen molar-refractivity contribution in [1.29, 1.82) is 0 Å². The summed E-state index contributed by atoms with van der Waals surface area (Å²) in [5.74, 6) is -0.788. The molecular formula is C21H20N4O3. The number of ether oxygens (including phenoxy) is 1. The molecule has 0 saturated heterocycles. The van der Waals surface area contributed by atoms with Gasteiger partial charge in [-0.2, -0.15) is 0 Å². The van der Waals surface area contributed by atoms with Crippen molar-refractivity contribution in [2.45, 2.75) is 13.5 Å². The Hall–Kier alpha value is -3.74. The summed E-state index contributed by atoms with van der Waals surface area (Å²) in [5, 5.41) is 10.9. The molecule has 0 aliphatic carbocycles. The van der Waals surface area contributed by atoms with Gasteiger partial charge in [-0.05, 0) is 36.3 Å². The number of benzene rings is 2. The highest BCUT2D eigenvalue weighted by molar-refractivity contribution is 6.03. The van der Waals surface area contributed by atoms with Gasteiger partial charge in [-0.15, -0.1) is 5.10 Å². The lowest BCUT2D eigenvalue weighted by molar-refractivity contribution is -0.111. The third kappa shape index (κ3) is 4.91. The van der Waals surface area contributed by atoms with E-state index in [1.807, 2.05) is 37.3 Å². The summed E-state index contributed by atoms with van der Waals surface area (Å²) in [6, 6.07) is 14.9. The molecule has 1 N–H and O–H groups in total. The molecule has 0 aliphatic heterocycles. The minimum atomic E-state index is -0.457. The second kappa shape index (κ2) is 8.77. The smallest absolute Gasteiger partial charge is 0.337 e. The van der Waals surface area contributed by atoms with Crippen LogP contribution in [0, 0.1) is 6.92 Å². The Bertz CT molecular complexity index is 1010. The summed E-state index contributed by atoms with van der Waals surface area (Å²) in [5.41, 5.74) is 3.44. The molecule has 2 aromatic carbocycles. The minimum absolute atomic E-state index is 0.331. The number of methoxy groups -OCH3 is 1. The van der Waals surface area contributed by atoms with Gasteiger partial charge in [0.1, 0.15) is 5.69 Å². The Balaban J connectivity index is 1.64. The Morgan fingerprint density at radius 1 is 1.18 bits per heavy atom. The Morgan fingerprint density at radius 3 is 2.71 bits per heavy atom. The molecule has 0 fully saturated rings. The number of amides is 1. The van der Waals surface area contributed by atoms with Crippen LogP contribution in [0.15, 0.2) is 60.8 Å². The van der Waals surface area contributed by atoms with Crippen molar-refractivity contribution in [3.63, 3.8) is 0 Å². The average Bonchev–Trinajstić information content (AvgIpc) is 3.15. The molecule has 3 aromatic rings. The number of carbonyl (C=O) groups is 2. The molecule has 0 unspecified atom stereocenters. The maximum absolute atomic E-state index is 12.2. The second-order valence-electron chi connectivity index (χ2n) is 6.17. The first-order chi connectivity index (χ1) is 13.5. The van der Waals surface area contributed by atoms with Crippen molar-refractivity contribution in [3.05, 3.63) is 83.2 Å². The third-order valence-corrected chi connectivity index (χ3v) is 4.07. The number of nitrogens with one attached hydrogen (secondary N) is 1. The van der Waals surface area contributed by atoms with E-state index in [9.17, 15) is 9.59 Å². The van der Waals surface area contributed by atoms with Crippen LogP contribution in [0.3, 0.4) is 0 Å². The standard InChI is InChI=1S/C21H20N4O3/c1-15-8-9-17(21(27)28-2)12-19(15)22-20(26)11-10-18-14-25(24-23-18)13-16-6-4-3-5-7-16/h3-12,14H,13H2,1-2H3,(H,22,26)/b11-10+. The van der Waals surface area contributed by atoms with E-state index in [-0.39, 0.29) is 5.91 Å². The number of anilines is 1. The lowest BCUT2D eigenvalue weighted by Crippen LogP contribution is -2.10. The van der Waals surface area contributed by atoms with Crippen LogP contribution in [0.4, 0.5) is 5.69 Å². The van der Waals surface area contributed by atoms with Crippen molar-refractivity contribution >= 4 is 23.6 Å². The molecule has 1 amide bonds. The lowest BCUT2D eigenvalue weighted by Gasteiger charge is -2.08. The van der Waals surface area contributed by atoms with Crippen molar-refractivity contribution in [1.82, 2.24) is 15.0 Å². The largest absolute Gasteiger partial charge is 0.465 e. The molecule has 3 rings (SSSR count). The fourth-order valence-corrected chi connectivity index (χ4v) is 2.57. The minimum Gasteiger partial charge on any atom is -0.465 e. The van der Waals surface area contributed by atoms with Gasteiger partial charge in [0.2, 0.25) is 5.91 Å². The number of nitrogens with zero attached hydrogens (tertiary/aromatic N) is 3. The molecule has 0 aliphatic rings. The number of aryl methyl sites for hydroxylation is 1. The SMILES string of the molecule is COC(=O)c1ccc(C)c(NC(=O)/C=C/c2cn(Cc3ccccc3)nn2)c1. The summed E-state index contributed by atoms with van der Waals surface area (Å²) >= 11 is 0. The van der Waals surface area contributed by atoms with Gasteiger partial charge in [0.05, 0.1) is 25.4 Å². The van der Waals surface area contributed by atoms with Gasteiger partial charge in [0.15, 0.2) is 0 Å². The van der Waals surface area contributed by atoms with Crippen molar-refractivity contribution in [3.8, 4) is 0 Å². The first-order valence-electron chi connectivity index (χ1n) is 8.67. The second-order valence-corrected chi connectivity index (χ2v) is 6.17. The van der Waals surface area contributed by atoms with Gasteiger partial charge in [-0.1, -0.05) is 41.6 Å². The molecule has 7 heteroatoms. The summed E-state index contributed by atoms with van der Waals surface area (Å²) < 4.78 is 6.41. The van der Waals surface area contributed by atoms with Crippen LogP contribution < -0.4 is 5.32 Å². The van der Waals surface area contributed by atoms with Crippen LogP contribution in [-0.2, 0) is 16.1 Å². The third-order valence-electron chi connectivity index (χ3n) is 4.07. The van der Waals surface area contributed by atoms with Gasteiger partial charge < -0.3 is 10.1 Å². The topological polar surface area (TPSA) is 86.1 Å². The molecule has 0 spiro atoms. The average molecular weight is 376 g/mol. The molecule has 1 heterocycles. The summed E-state index contributed by atoms with van der Waals surface area (Å²) in [7, 11) is 1.31. The monoisotopic (exact) mass is 376 g/mol. The number of hydrogen-bond acceptors (Lipinski definition) is 5. The van der Waals surface area contributed by atoms with Crippen molar-refractivity contribution < 1.29 is 14.3 Å². The molecule has 1 aromatic heterocycles. The number of hydrogen-bond donors (Lipinski definition) is 1. The van der Waals surface area contributed by atoms with Gasteiger partial charge in [-0.3, -0.25) is 4.79 Å². The fraction of sp³-hybridized carbons (Fsp3) is 0.143. The van der Waals surface area contributed by atoms with Crippen LogP contribution in [0.25, 0.3) is 6.08 Å². The maximum Gasteiger partial charge on any atom is 0.337 e. The molecule has 0 radical (unpaired) electrons. The van der Waals surface area contributed by atoms with Gasteiger partial charge in [0.25, 0.3) is 0 Å². The van der Waals surface area contributed by atoms with E-state index in [2.05, 4.69) is 15.6 Å². The van der Waals surface area contributed by atoms with E-state index >= 15 is 0 Å². The molecule has 0 bridgehead atoms. The summed E-state index contributed by atoms with van der Waals surface area (Å²) in [6.07, 6.45) is 4.73. The van der Waals surface area contributed by atoms with Crippen LogP contribution in [0.1, 0.15) is 27.2 Å². The Kier molecular flexibility index (Phi) is 5.96. The van der Waals surface area contributed by atoms with E-state index in [4.69, 9.17) is 4.74 Å². The van der Waals surface area contributed by atoms with Crippen molar-refractivity contribution in [2.24, 2.45) is 0 Å². The van der Waals surface area contributed by atoms with Gasteiger partial charge >= 0.3 is 5.97 Å². The summed E-state index contributed by atoms with van der Waals surface area (Å²) in [4.78, 5) is 23.9. The van der Waals surface area contributed by atoms with E-state index in [0.717, 1.165) is 11.1 Å². The van der Waals surface area contributed by atoms with Crippen LogP contribution in [0.2, 0.25) is 0 Å². The quantitative estimate of drug-likeness (QED) is 0.528. The van der Waals surface area contributed by atoms with Crippen molar-refractivity contribution in [2.75, 3.05) is 12.4 Å². The zero-order chi connectivity index (χ0) is 19.9. The fourth-order valence-electron chi connectivity index (χ4n) is 2.57. The molecular weight excluding hydrogens is 356 g/mol. The first kappa shape index (κ1) is 19.0. The number of carbonyl (C=O) groups excluding carboxylic acids is 2. The predicted molar refractivity (Wildman–Crippen MR) is 106 cm³/mol. The zero-order valence-electron chi connectivity index (χ0n) is 15.6. The number of aromatic nitrogens is 3. The maximum atomic E-state index is 12.2. The van der Waals surface area contributed by atoms with Gasteiger partial charge in [0, 0.05) is 11.8 Å². The van der Waals surface area contributed by atoms with E-state index in [1.165, 1.54) is 13.2 Å². The van der Waals surface area contributed by atoms with Crippen LogP contribution in [0.5, 0.6) is 0 Å². The van der Waals surface area contributed by atoms with E-state index in [1.54, 1.807) is 35.2 Å².